The number of likely N-dealkylation sites (N-methyl/N-ethyl adjacent to an activating group) is 1. The average molecular weight is 327 g/mol. The summed E-state index contributed by atoms with van der Waals surface area (Å²) in [7, 11) is 1.87. The summed E-state index contributed by atoms with van der Waals surface area (Å²) in [4.78, 5) is 6.11. The minimum absolute atomic E-state index is 0.268. The molecule has 0 aliphatic rings. The highest BCUT2D eigenvalue weighted by molar-refractivity contribution is 5.44. The van der Waals surface area contributed by atoms with Gasteiger partial charge in [-0.2, -0.15) is 0 Å². The maximum absolute atomic E-state index is 10.1. The van der Waals surface area contributed by atoms with Crippen LogP contribution in [0.4, 0.5) is 5.82 Å². The van der Waals surface area contributed by atoms with Crippen molar-refractivity contribution in [2.75, 3.05) is 25.1 Å². The molecule has 3 rings (SSSR count). The monoisotopic (exact) mass is 327 g/mol. The second kappa shape index (κ2) is 7.37. The van der Waals surface area contributed by atoms with Crippen molar-refractivity contribution in [1.29, 1.82) is 0 Å². The number of rotatable bonds is 7. The van der Waals surface area contributed by atoms with Crippen molar-refractivity contribution >= 4 is 11.5 Å². The fourth-order valence-electron chi connectivity index (χ4n) is 2.43. The second-order valence-corrected chi connectivity index (χ2v) is 5.73. The molecule has 0 saturated carbocycles. The highest BCUT2D eigenvalue weighted by Crippen LogP contribution is 2.10. The molecule has 126 valence electrons. The topological polar surface area (TPSA) is 75.8 Å². The van der Waals surface area contributed by atoms with Crippen LogP contribution in [-0.4, -0.2) is 51.2 Å². The fourth-order valence-corrected chi connectivity index (χ4v) is 2.43. The van der Waals surface area contributed by atoms with Gasteiger partial charge in [-0.3, -0.25) is 0 Å². The third kappa shape index (κ3) is 4.06. The number of ether oxygens (including phenoxy) is 1. The number of benzene rings is 1. The lowest BCUT2D eigenvalue weighted by Gasteiger charge is -2.21. The quantitative estimate of drug-likeness (QED) is 0.708. The number of fused-ring (bicyclic) bond motifs is 1. The summed E-state index contributed by atoms with van der Waals surface area (Å²) in [5, 5.41) is 18.7. The Morgan fingerprint density at radius 3 is 2.75 bits per heavy atom. The molecule has 0 amide bonds. The van der Waals surface area contributed by atoms with Crippen LogP contribution in [0.25, 0.3) is 5.65 Å². The van der Waals surface area contributed by atoms with Crippen LogP contribution < -0.4 is 4.90 Å². The van der Waals surface area contributed by atoms with E-state index in [1.54, 1.807) is 0 Å². The Hall–Kier alpha value is -2.51. The zero-order valence-electron chi connectivity index (χ0n) is 13.8. The van der Waals surface area contributed by atoms with Gasteiger partial charge in [0.2, 0.25) is 0 Å². The number of aliphatic hydroxyl groups excluding tert-OH is 1. The third-order valence-corrected chi connectivity index (χ3v) is 3.60. The molecule has 7 heteroatoms. The van der Waals surface area contributed by atoms with Gasteiger partial charge in [-0.25, -0.2) is 4.98 Å². The van der Waals surface area contributed by atoms with Crippen LogP contribution in [0.5, 0.6) is 0 Å². The smallest absolute Gasteiger partial charge is 0.176 e. The molecule has 0 saturated heterocycles. The molecule has 0 fully saturated rings. The molecule has 0 aliphatic carbocycles. The first kappa shape index (κ1) is 16.4. The highest BCUT2D eigenvalue weighted by Gasteiger charge is 2.12. The maximum Gasteiger partial charge on any atom is 0.176 e. The molecule has 0 bridgehead atoms. The van der Waals surface area contributed by atoms with Crippen LogP contribution in [-0.2, 0) is 11.3 Å². The van der Waals surface area contributed by atoms with Crippen LogP contribution in [0, 0.1) is 6.92 Å². The van der Waals surface area contributed by atoms with Crippen molar-refractivity contribution in [3.8, 4) is 0 Å². The first-order valence-corrected chi connectivity index (χ1v) is 7.83. The second-order valence-electron chi connectivity index (χ2n) is 5.73. The molecule has 1 atom stereocenters. The Kier molecular flexibility index (Phi) is 5.02. The SMILES string of the molecule is Cc1nc2ccc(N(C)C[C@H](O)COCc3ccccc3)nn2n1. The number of hydrogen-bond acceptors (Lipinski definition) is 6. The molecule has 0 radical (unpaired) electrons. The summed E-state index contributed by atoms with van der Waals surface area (Å²) in [6.07, 6.45) is -0.603. The molecule has 1 aromatic carbocycles. The number of nitrogens with zero attached hydrogens (tertiary/aromatic N) is 5. The molecule has 24 heavy (non-hydrogen) atoms. The van der Waals surface area contributed by atoms with Crippen LogP contribution in [0.2, 0.25) is 0 Å². The van der Waals surface area contributed by atoms with Crippen molar-refractivity contribution in [2.24, 2.45) is 0 Å². The van der Waals surface area contributed by atoms with Gasteiger partial charge in [0.25, 0.3) is 0 Å². The number of anilines is 1. The van der Waals surface area contributed by atoms with E-state index in [-0.39, 0.29) is 6.61 Å². The number of aromatic nitrogens is 4. The highest BCUT2D eigenvalue weighted by atomic mass is 16.5. The molecule has 0 spiro atoms. The van der Waals surface area contributed by atoms with Crippen LogP contribution in [0.15, 0.2) is 42.5 Å². The van der Waals surface area contributed by atoms with E-state index in [0.717, 1.165) is 11.4 Å². The zero-order valence-corrected chi connectivity index (χ0v) is 13.8. The van der Waals surface area contributed by atoms with Gasteiger partial charge in [-0.05, 0) is 24.6 Å². The van der Waals surface area contributed by atoms with E-state index in [4.69, 9.17) is 4.74 Å². The van der Waals surface area contributed by atoms with Crippen LogP contribution >= 0.6 is 0 Å². The minimum atomic E-state index is -0.603. The van der Waals surface area contributed by atoms with Gasteiger partial charge in [0.15, 0.2) is 11.5 Å². The average Bonchev–Trinajstić information content (AvgIpc) is 2.94. The molecular formula is C17H21N5O2. The standard InChI is InChI=1S/C17H21N5O2/c1-13-18-16-8-9-17(20-22(16)19-13)21(2)10-15(23)12-24-11-14-6-4-3-5-7-14/h3-9,15,23H,10-12H2,1-2H3/t15-/m0/s1. The molecular weight excluding hydrogens is 306 g/mol. The lowest BCUT2D eigenvalue weighted by Crippen LogP contribution is -2.32. The Bertz CT molecular complexity index is 790. The van der Waals surface area contributed by atoms with E-state index in [1.165, 1.54) is 4.63 Å². The van der Waals surface area contributed by atoms with Gasteiger partial charge in [-0.15, -0.1) is 14.8 Å². The van der Waals surface area contributed by atoms with Gasteiger partial charge in [0.05, 0.1) is 19.3 Å². The summed E-state index contributed by atoms with van der Waals surface area (Å²) in [5.41, 5.74) is 1.79. The maximum atomic E-state index is 10.1. The molecule has 2 aromatic heterocycles. The van der Waals surface area contributed by atoms with Crippen molar-refractivity contribution in [3.05, 3.63) is 53.9 Å². The lowest BCUT2D eigenvalue weighted by atomic mass is 10.2. The van der Waals surface area contributed by atoms with E-state index in [9.17, 15) is 5.11 Å². The zero-order chi connectivity index (χ0) is 16.9. The first-order chi connectivity index (χ1) is 11.6. The largest absolute Gasteiger partial charge is 0.389 e. The number of aliphatic hydroxyl groups is 1. The van der Waals surface area contributed by atoms with E-state index < -0.39 is 6.10 Å². The van der Waals surface area contributed by atoms with Crippen LogP contribution in [0.3, 0.4) is 0 Å². The van der Waals surface area contributed by atoms with Gasteiger partial charge in [-0.1, -0.05) is 30.3 Å². The summed E-state index contributed by atoms with van der Waals surface area (Å²) in [6.45, 7) is 3.00. The van der Waals surface area contributed by atoms with E-state index in [1.807, 2.05) is 61.3 Å². The lowest BCUT2D eigenvalue weighted by molar-refractivity contribution is 0.0324. The van der Waals surface area contributed by atoms with Gasteiger partial charge < -0.3 is 14.7 Å². The van der Waals surface area contributed by atoms with E-state index in [0.29, 0.717) is 24.6 Å². The van der Waals surface area contributed by atoms with Gasteiger partial charge in [0, 0.05) is 13.6 Å². The Morgan fingerprint density at radius 1 is 1.17 bits per heavy atom. The Balaban J connectivity index is 1.52. The predicted molar refractivity (Wildman–Crippen MR) is 90.9 cm³/mol. The normalized spacial score (nSPS) is 12.5. The summed E-state index contributed by atoms with van der Waals surface area (Å²) >= 11 is 0. The van der Waals surface area contributed by atoms with E-state index in [2.05, 4.69) is 15.2 Å². The molecule has 2 heterocycles. The number of hydrogen-bond donors (Lipinski definition) is 1. The third-order valence-electron chi connectivity index (χ3n) is 3.60. The molecule has 0 unspecified atom stereocenters. The van der Waals surface area contributed by atoms with Crippen LogP contribution in [0.1, 0.15) is 11.4 Å². The van der Waals surface area contributed by atoms with Crippen molar-refractivity contribution < 1.29 is 9.84 Å². The van der Waals surface area contributed by atoms with Crippen molar-refractivity contribution in [3.63, 3.8) is 0 Å². The molecule has 0 aliphatic heterocycles. The Morgan fingerprint density at radius 2 is 1.96 bits per heavy atom. The fraction of sp³-hybridized carbons (Fsp3) is 0.353. The van der Waals surface area contributed by atoms with Crippen molar-refractivity contribution in [2.45, 2.75) is 19.6 Å². The first-order valence-electron chi connectivity index (χ1n) is 7.83. The molecule has 3 aromatic rings. The van der Waals surface area contributed by atoms with Gasteiger partial charge in [0.1, 0.15) is 5.82 Å². The van der Waals surface area contributed by atoms with Crippen molar-refractivity contribution in [1.82, 2.24) is 19.8 Å². The number of aryl methyl sites for hydroxylation is 1. The molecule has 7 nitrogen and oxygen atoms in total. The summed E-state index contributed by atoms with van der Waals surface area (Å²) in [5.74, 6) is 1.39. The predicted octanol–water partition coefficient (Wildman–Crippen LogP) is 1.45. The summed E-state index contributed by atoms with van der Waals surface area (Å²) in [6, 6.07) is 13.6. The Labute approximate surface area is 140 Å². The minimum Gasteiger partial charge on any atom is -0.389 e. The van der Waals surface area contributed by atoms with Gasteiger partial charge >= 0.3 is 0 Å². The summed E-state index contributed by atoms with van der Waals surface area (Å²) < 4.78 is 7.07. The van der Waals surface area contributed by atoms with E-state index >= 15 is 0 Å². The molecule has 1 N–H and O–H groups in total.